The summed E-state index contributed by atoms with van der Waals surface area (Å²) >= 11 is 5.79. The molecule has 2 aromatic rings. The van der Waals surface area contributed by atoms with Crippen molar-refractivity contribution in [3.8, 4) is 11.8 Å². The van der Waals surface area contributed by atoms with Crippen molar-refractivity contribution >= 4 is 23.2 Å². The van der Waals surface area contributed by atoms with Crippen LogP contribution in [0.3, 0.4) is 0 Å². The molecule has 0 fully saturated rings. The lowest BCUT2D eigenvalue weighted by atomic mass is 10.1. The smallest absolute Gasteiger partial charge is 0.255 e. The molecule has 0 aliphatic heterocycles. The van der Waals surface area contributed by atoms with Gasteiger partial charge < -0.3 is 10.4 Å². The van der Waals surface area contributed by atoms with Crippen LogP contribution in [0.15, 0.2) is 48.5 Å². The third kappa shape index (κ3) is 4.64. The Morgan fingerprint density at radius 2 is 1.76 bits per heavy atom. The predicted octanol–water partition coefficient (Wildman–Crippen LogP) is 3.33. The van der Waals surface area contributed by atoms with Crippen LogP contribution in [0, 0.1) is 11.8 Å². The van der Waals surface area contributed by atoms with E-state index in [9.17, 15) is 4.79 Å². The van der Waals surface area contributed by atoms with Gasteiger partial charge in [-0.25, -0.2) is 0 Å². The van der Waals surface area contributed by atoms with E-state index in [0.29, 0.717) is 22.7 Å². The number of halogens is 1. The maximum atomic E-state index is 12.1. The van der Waals surface area contributed by atoms with E-state index in [1.54, 1.807) is 48.5 Å². The van der Waals surface area contributed by atoms with Gasteiger partial charge in [-0.1, -0.05) is 23.4 Å². The fourth-order valence-electron chi connectivity index (χ4n) is 1.66. The highest BCUT2D eigenvalue weighted by atomic mass is 35.5. The SMILES string of the molecule is O=C(Nc1ccc(Cl)cc1)c1ccc(C#CCCO)cc1. The van der Waals surface area contributed by atoms with E-state index >= 15 is 0 Å². The van der Waals surface area contributed by atoms with Crippen molar-refractivity contribution in [3.63, 3.8) is 0 Å². The first-order valence-corrected chi connectivity index (χ1v) is 6.83. The van der Waals surface area contributed by atoms with E-state index in [-0.39, 0.29) is 12.5 Å². The molecule has 106 valence electrons. The summed E-state index contributed by atoms with van der Waals surface area (Å²) in [4.78, 5) is 12.1. The van der Waals surface area contributed by atoms with Crippen molar-refractivity contribution in [2.24, 2.45) is 0 Å². The van der Waals surface area contributed by atoms with Crippen molar-refractivity contribution in [2.45, 2.75) is 6.42 Å². The van der Waals surface area contributed by atoms with Gasteiger partial charge in [0, 0.05) is 28.3 Å². The van der Waals surface area contributed by atoms with Gasteiger partial charge in [-0.05, 0) is 48.5 Å². The van der Waals surface area contributed by atoms with Crippen LogP contribution in [0.1, 0.15) is 22.3 Å². The first-order chi connectivity index (χ1) is 10.2. The number of rotatable bonds is 3. The largest absolute Gasteiger partial charge is 0.395 e. The third-order valence-corrected chi connectivity index (χ3v) is 2.97. The highest BCUT2D eigenvalue weighted by Crippen LogP contribution is 2.14. The van der Waals surface area contributed by atoms with Crippen molar-refractivity contribution in [2.75, 3.05) is 11.9 Å². The second-order valence-corrected chi connectivity index (χ2v) is 4.75. The van der Waals surface area contributed by atoms with Crippen LogP contribution >= 0.6 is 11.6 Å². The summed E-state index contributed by atoms with van der Waals surface area (Å²) in [6, 6.07) is 13.9. The summed E-state index contributed by atoms with van der Waals surface area (Å²) < 4.78 is 0. The molecule has 0 aliphatic carbocycles. The first-order valence-electron chi connectivity index (χ1n) is 6.46. The van der Waals surface area contributed by atoms with Gasteiger partial charge in [-0.3, -0.25) is 4.79 Å². The summed E-state index contributed by atoms with van der Waals surface area (Å²) in [5.74, 6) is 5.56. The van der Waals surface area contributed by atoms with Gasteiger partial charge in [0.25, 0.3) is 5.91 Å². The zero-order valence-electron chi connectivity index (χ0n) is 11.3. The van der Waals surface area contributed by atoms with Gasteiger partial charge in [-0.2, -0.15) is 0 Å². The first kappa shape index (κ1) is 15.1. The fourth-order valence-corrected chi connectivity index (χ4v) is 1.79. The summed E-state index contributed by atoms with van der Waals surface area (Å²) in [5.41, 5.74) is 2.06. The Morgan fingerprint density at radius 1 is 1.10 bits per heavy atom. The van der Waals surface area contributed by atoms with E-state index in [4.69, 9.17) is 16.7 Å². The second kappa shape index (κ2) is 7.49. The third-order valence-electron chi connectivity index (χ3n) is 2.72. The lowest BCUT2D eigenvalue weighted by Gasteiger charge is -2.05. The maximum Gasteiger partial charge on any atom is 0.255 e. The fraction of sp³-hybridized carbons (Fsp3) is 0.118. The summed E-state index contributed by atoms with van der Waals surface area (Å²) in [6.07, 6.45) is 0.443. The van der Waals surface area contributed by atoms with Crippen molar-refractivity contribution in [1.82, 2.24) is 0 Å². The predicted molar refractivity (Wildman–Crippen MR) is 84.4 cm³/mol. The Balaban J connectivity index is 2.03. The quantitative estimate of drug-likeness (QED) is 0.854. The minimum absolute atomic E-state index is 0.0502. The van der Waals surface area contributed by atoms with E-state index in [0.717, 1.165) is 5.56 Å². The Bertz CT molecular complexity index is 667. The van der Waals surface area contributed by atoms with Gasteiger partial charge >= 0.3 is 0 Å². The monoisotopic (exact) mass is 299 g/mol. The molecule has 0 saturated heterocycles. The number of aliphatic hydroxyl groups is 1. The molecule has 0 bridgehead atoms. The number of nitrogens with one attached hydrogen (secondary N) is 1. The molecule has 4 heteroatoms. The molecule has 0 saturated carbocycles. The molecule has 1 amide bonds. The topological polar surface area (TPSA) is 49.3 Å². The molecular weight excluding hydrogens is 286 g/mol. The summed E-state index contributed by atoms with van der Waals surface area (Å²) in [5, 5.41) is 12.1. The standard InChI is InChI=1S/C17H14ClNO2/c18-15-8-10-16(11-9-15)19-17(21)14-6-4-13(5-7-14)3-1-2-12-20/h4-11,20H,2,12H2,(H,19,21). The summed E-state index contributed by atoms with van der Waals surface area (Å²) in [7, 11) is 0. The van der Waals surface area contributed by atoms with E-state index in [2.05, 4.69) is 17.2 Å². The molecule has 0 radical (unpaired) electrons. The normalized spacial score (nSPS) is 9.62. The van der Waals surface area contributed by atoms with Gasteiger partial charge in [0.15, 0.2) is 0 Å². The lowest BCUT2D eigenvalue weighted by molar-refractivity contribution is 0.102. The Kier molecular flexibility index (Phi) is 5.39. The lowest BCUT2D eigenvalue weighted by Crippen LogP contribution is -2.11. The van der Waals surface area contributed by atoms with Crippen LogP contribution in [-0.2, 0) is 0 Å². The van der Waals surface area contributed by atoms with Crippen molar-refractivity contribution < 1.29 is 9.90 Å². The van der Waals surface area contributed by atoms with Crippen molar-refractivity contribution in [3.05, 3.63) is 64.7 Å². The maximum absolute atomic E-state index is 12.1. The number of aliphatic hydroxyl groups excluding tert-OH is 1. The van der Waals surface area contributed by atoms with E-state index in [1.807, 2.05) is 0 Å². The average Bonchev–Trinajstić information content (AvgIpc) is 2.50. The number of benzene rings is 2. The van der Waals surface area contributed by atoms with Crippen LogP contribution in [0.5, 0.6) is 0 Å². The van der Waals surface area contributed by atoms with E-state index in [1.165, 1.54) is 0 Å². The zero-order valence-corrected chi connectivity index (χ0v) is 12.0. The highest BCUT2D eigenvalue weighted by Gasteiger charge is 2.05. The molecule has 2 N–H and O–H groups in total. The Morgan fingerprint density at radius 3 is 2.38 bits per heavy atom. The van der Waals surface area contributed by atoms with Crippen LogP contribution in [0.25, 0.3) is 0 Å². The van der Waals surface area contributed by atoms with Gasteiger partial charge in [0.2, 0.25) is 0 Å². The average molecular weight is 300 g/mol. The van der Waals surface area contributed by atoms with Crippen LogP contribution in [0.2, 0.25) is 5.02 Å². The molecule has 0 spiro atoms. The Labute approximate surface area is 128 Å². The molecule has 0 atom stereocenters. The van der Waals surface area contributed by atoms with Gasteiger partial charge in [-0.15, -0.1) is 0 Å². The molecule has 21 heavy (non-hydrogen) atoms. The number of anilines is 1. The second-order valence-electron chi connectivity index (χ2n) is 4.31. The zero-order chi connectivity index (χ0) is 15.1. The minimum atomic E-state index is -0.188. The van der Waals surface area contributed by atoms with Crippen molar-refractivity contribution in [1.29, 1.82) is 0 Å². The number of carbonyl (C=O) groups is 1. The van der Waals surface area contributed by atoms with E-state index < -0.39 is 0 Å². The van der Waals surface area contributed by atoms with Crippen LogP contribution < -0.4 is 5.32 Å². The molecule has 0 aliphatic rings. The van der Waals surface area contributed by atoms with Crippen LogP contribution in [0.4, 0.5) is 5.69 Å². The number of hydrogen-bond donors (Lipinski definition) is 2. The number of hydrogen-bond acceptors (Lipinski definition) is 2. The molecule has 2 rings (SSSR count). The van der Waals surface area contributed by atoms with Gasteiger partial charge in [0.05, 0.1) is 6.61 Å². The molecule has 3 nitrogen and oxygen atoms in total. The molecule has 2 aromatic carbocycles. The number of amides is 1. The van der Waals surface area contributed by atoms with Crippen LogP contribution in [-0.4, -0.2) is 17.6 Å². The minimum Gasteiger partial charge on any atom is -0.395 e. The number of carbonyl (C=O) groups excluding carboxylic acids is 1. The Hall–Kier alpha value is -2.28. The molecule has 0 heterocycles. The molecule has 0 unspecified atom stereocenters. The molecule has 0 aromatic heterocycles. The van der Waals surface area contributed by atoms with Gasteiger partial charge in [0.1, 0.15) is 0 Å². The molecular formula is C17H14ClNO2. The summed E-state index contributed by atoms with van der Waals surface area (Å²) in [6.45, 7) is 0.0502. The highest BCUT2D eigenvalue weighted by molar-refractivity contribution is 6.30.